The Balaban J connectivity index is 2.54. The number of carbonyl (C=O) groups is 2. The van der Waals surface area contributed by atoms with E-state index in [0.717, 1.165) is 5.56 Å². The van der Waals surface area contributed by atoms with Crippen molar-refractivity contribution in [1.29, 1.82) is 0 Å². The van der Waals surface area contributed by atoms with Gasteiger partial charge in [-0.1, -0.05) is 30.3 Å². The van der Waals surface area contributed by atoms with Crippen molar-refractivity contribution in [2.45, 2.75) is 26.4 Å². The Bertz CT molecular complexity index is 798. The Morgan fingerprint density at radius 3 is 2.27 bits per heavy atom. The number of amides is 1. The molecule has 2 rings (SSSR count). The van der Waals surface area contributed by atoms with Crippen LogP contribution in [0.2, 0.25) is 0 Å². The van der Waals surface area contributed by atoms with E-state index in [1.807, 2.05) is 30.3 Å². The Morgan fingerprint density at radius 1 is 1.08 bits per heavy atom. The fourth-order valence-electron chi connectivity index (χ4n) is 2.23. The van der Waals surface area contributed by atoms with Gasteiger partial charge in [-0.05, 0) is 26.8 Å². The summed E-state index contributed by atoms with van der Waals surface area (Å²) in [6.45, 7) is 5.28. The van der Waals surface area contributed by atoms with Crippen LogP contribution >= 0.6 is 0 Å². The van der Waals surface area contributed by atoms with Crippen molar-refractivity contribution in [3.05, 3.63) is 42.0 Å². The number of hydrogen-bond acceptors (Lipinski definition) is 6. The highest BCUT2D eigenvalue weighted by atomic mass is 16.6. The van der Waals surface area contributed by atoms with E-state index in [1.165, 1.54) is 20.3 Å². The number of hydrogen-bond donors (Lipinski definition) is 1. The summed E-state index contributed by atoms with van der Waals surface area (Å²) in [5, 5.41) is 2.65. The van der Waals surface area contributed by atoms with Gasteiger partial charge in [-0.2, -0.15) is 0 Å². The van der Waals surface area contributed by atoms with E-state index >= 15 is 0 Å². The van der Waals surface area contributed by atoms with Gasteiger partial charge in [-0.3, -0.25) is 5.32 Å². The van der Waals surface area contributed by atoms with Crippen LogP contribution in [0.1, 0.15) is 31.1 Å². The Labute approximate surface area is 152 Å². The highest BCUT2D eigenvalue weighted by Crippen LogP contribution is 2.32. The second kappa shape index (κ2) is 7.86. The van der Waals surface area contributed by atoms with Gasteiger partial charge in [0.05, 0.1) is 25.6 Å². The molecule has 7 heteroatoms. The van der Waals surface area contributed by atoms with Crippen molar-refractivity contribution in [3.8, 4) is 17.1 Å². The molecule has 0 spiro atoms. The first-order valence-corrected chi connectivity index (χ1v) is 7.98. The number of anilines is 1. The van der Waals surface area contributed by atoms with Gasteiger partial charge in [0.2, 0.25) is 5.88 Å². The maximum Gasteiger partial charge on any atom is 0.412 e. The number of nitrogens with zero attached hydrogens (tertiary/aromatic N) is 1. The van der Waals surface area contributed by atoms with Crippen molar-refractivity contribution in [2.24, 2.45) is 0 Å². The highest BCUT2D eigenvalue weighted by molar-refractivity contribution is 5.97. The number of benzene rings is 1. The summed E-state index contributed by atoms with van der Waals surface area (Å²) in [5.41, 5.74) is 0.934. The average molecular weight is 358 g/mol. The largest absolute Gasteiger partial charge is 0.480 e. The maximum atomic E-state index is 12.2. The number of pyridine rings is 1. The lowest BCUT2D eigenvalue weighted by molar-refractivity contribution is 0.0592. The number of carbonyl (C=O) groups excluding carboxylic acids is 2. The Kier molecular flexibility index (Phi) is 5.82. The molecule has 0 atom stereocenters. The standard InChI is InChI=1S/C19H22N2O5/c1-19(2,3)26-18(23)20-14-11-13(17(22)25-5)16(24-4)21-15(14)12-9-7-6-8-10-12/h6-11H,1-5H3,(H,20,23). The summed E-state index contributed by atoms with van der Waals surface area (Å²) in [7, 11) is 2.67. The van der Waals surface area contributed by atoms with Crippen LogP contribution in [0.15, 0.2) is 36.4 Å². The molecule has 26 heavy (non-hydrogen) atoms. The maximum absolute atomic E-state index is 12.2. The molecule has 1 N–H and O–H groups in total. The molecule has 138 valence electrons. The molecule has 1 aromatic heterocycles. The fourth-order valence-corrected chi connectivity index (χ4v) is 2.23. The number of methoxy groups -OCH3 is 2. The number of rotatable bonds is 4. The molecule has 0 unspecified atom stereocenters. The number of esters is 1. The lowest BCUT2D eigenvalue weighted by Crippen LogP contribution is -2.27. The minimum atomic E-state index is -0.665. The second-order valence-electron chi connectivity index (χ2n) is 6.43. The van der Waals surface area contributed by atoms with Gasteiger partial charge in [0.1, 0.15) is 11.2 Å². The van der Waals surface area contributed by atoms with Crippen LogP contribution in [-0.4, -0.2) is 36.9 Å². The van der Waals surface area contributed by atoms with Gasteiger partial charge in [0, 0.05) is 5.56 Å². The summed E-state index contributed by atoms with van der Waals surface area (Å²) in [5.74, 6) is -0.522. The van der Waals surface area contributed by atoms with E-state index in [4.69, 9.17) is 14.2 Å². The highest BCUT2D eigenvalue weighted by Gasteiger charge is 2.22. The minimum absolute atomic E-state index is 0.0979. The van der Waals surface area contributed by atoms with Crippen molar-refractivity contribution in [2.75, 3.05) is 19.5 Å². The van der Waals surface area contributed by atoms with Crippen molar-refractivity contribution >= 4 is 17.7 Å². The molecular formula is C19H22N2O5. The predicted molar refractivity (Wildman–Crippen MR) is 97.4 cm³/mol. The lowest BCUT2D eigenvalue weighted by atomic mass is 10.1. The fraction of sp³-hybridized carbons (Fsp3) is 0.316. The summed E-state index contributed by atoms with van der Waals surface area (Å²) < 4.78 is 15.3. The van der Waals surface area contributed by atoms with Gasteiger partial charge < -0.3 is 14.2 Å². The first-order valence-electron chi connectivity index (χ1n) is 7.98. The molecule has 0 radical (unpaired) electrons. The van der Waals surface area contributed by atoms with Crippen molar-refractivity contribution < 1.29 is 23.8 Å². The van der Waals surface area contributed by atoms with E-state index in [9.17, 15) is 9.59 Å². The molecule has 7 nitrogen and oxygen atoms in total. The van der Waals surface area contributed by atoms with Gasteiger partial charge in [-0.15, -0.1) is 0 Å². The SMILES string of the molecule is COC(=O)c1cc(NC(=O)OC(C)(C)C)c(-c2ccccc2)nc1OC. The van der Waals surface area contributed by atoms with Crippen molar-refractivity contribution in [1.82, 2.24) is 4.98 Å². The van der Waals surface area contributed by atoms with Crippen LogP contribution < -0.4 is 10.1 Å². The summed E-state index contributed by atoms with van der Waals surface area (Å²) >= 11 is 0. The average Bonchev–Trinajstić information content (AvgIpc) is 2.59. The third-order valence-electron chi connectivity index (χ3n) is 3.27. The van der Waals surface area contributed by atoms with E-state index in [-0.39, 0.29) is 11.4 Å². The van der Waals surface area contributed by atoms with Gasteiger partial charge in [-0.25, -0.2) is 14.6 Å². The van der Waals surface area contributed by atoms with Crippen LogP contribution in [-0.2, 0) is 9.47 Å². The van der Waals surface area contributed by atoms with Crippen molar-refractivity contribution in [3.63, 3.8) is 0 Å². The molecule has 2 aromatic rings. The van der Waals surface area contributed by atoms with Gasteiger partial charge in [0.25, 0.3) is 0 Å². The lowest BCUT2D eigenvalue weighted by Gasteiger charge is -2.21. The van der Waals surface area contributed by atoms with E-state index in [1.54, 1.807) is 20.8 Å². The third-order valence-corrected chi connectivity index (χ3v) is 3.27. The number of ether oxygens (including phenoxy) is 3. The summed E-state index contributed by atoms with van der Waals surface area (Å²) in [6.07, 6.45) is -0.655. The molecule has 1 heterocycles. The molecule has 1 aromatic carbocycles. The first kappa shape index (κ1) is 19.2. The Hall–Kier alpha value is -3.09. The monoisotopic (exact) mass is 358 g/mol. The predicted octanol–water partition coefficient (Wildman–Crippen LogP) is 3.89. The summed E-state index contributed by atoms with van der Waals surface area (Å²) in [6, 6.07) is 10.7. The van der Waals surface area contributed by atoms with Gasteiger partial charge in [0.15, 0.2) is 0 Å². The molecule has 0 fully saturated rings. The van der Waals surface area contributed by atoms with Crippen LogP contribution in [0, 0.1) is 0 Å². The normalized spacial score (nSPS) is 10.8. The van der Waals surface area contributed by atoms with Crippen LogP contribution in [0.4, 0.5) is 10.5 Å². The quantitative estimate of drug-likeness (QED) is 0.835. The molecule has 0 aliphatic heterocycles. The number of aromatic nitrogens is 1. The first-order chi connectivity index (χ1) is 12.2. The molecule has 0 aliphatic carbocycles. The zero-order valence-corrected chi connectivity index (χ0v) is 15.5. The molecule has 0 aliphatic rings. The topological polar surface area (TPSA) is 86.8 Å². The molecule has 1 amide bonds. The Morgan fingerprint density at radius 2 is 1.73 bits per heavy atom. The molecule has 0 saturated carbocycles. The minimum Gasteiger partial charge on any atom is -0.480 e. The smallest absolute Gasteiger partial charge is 0.412 e. The van der Waals surface area contributed by atoms with Crippen LogP contribution in [0.5, 0.6) is 5.88 Å². The zero-order valence-electron chi connectivity index (χ0n) is 15.5. The summed E-state index contributed by atoms with van der Waals surface area (Å²) in [4.78, 5) is 28.6. The van der Waals surface area contributed by atoms with Crippen LogP contribution in [0.25, 0.3) is 11.3 Å². The zero-order chi connectivity index (χ0) is 19.3. The van der Waals surface area contributed by atoms with E-state index in [2.05, 4.69) is 10.3 Å². The van der Waals surface area contributed by atoms with Crippen LogP contribution in [0.3, 0.4) is 0 Å². The molecular weight excluding hydrogens is 336 g/mol. The van der Waals surface area contributed by atoms with E-state index in [0.29, 0.717) is 11.4 Å². The number of nitrogens with one attached hydrogen (secondary N) is 1. The molecule has 0 saturated heterocycles. The molecule has 0 bridgehead atoms. The third kappa shape index (κ3) is 4.72. The van der Waals surface area contributed by atoms with E-state index < -0.39 is 17.7 Å². The second-order valence-corrected chi connectivity index (χ2v) is 6.43. The van der Waals surface area contributed by atoms with Gasteiger partial charge >= 0.3 is 12.1 Å².